The summed E-state index contributed by atoms with van der Waals surface area (Å²) >= 11 is 3.17. The first kappa shape index (κ1) is 16.3. The van der Waals surface area contributed by atoms with Crippen LogP contribution in [0.15, 0.2) is 47.8 Å². The van der Waals surface area contributed by atoms with Gasteiger partial charge in [-0.25, -0.2) is 18.1 Å². The lowest BCUT2D eigenvalue weighted by atomic mass is 10.2. The lowest BCUT2D eigenvalue weighted by Crippen LogP contribution is -2.24. The second-order valence-electron chi connectivity index (χ2n) is 5.07. The fourth-order valence-electron chi connectivity index (χ4n) is 2.12. The molecule has 0 aliphatic rings. The molecule has 1 aromatic carbocycles. The molecule has 0 unspecified atom stereocenters. The minimum Gasteiger partial charge on any atom is -0.240 e. The fraction of sp³-hybridized carbons (Fsp3) is 0.188. The van der Waals surface area contributed by atoms with Gasteiger partial charge in [0.15, 0.2) is 0 Å². The van der Waals surface area contributed by atoms with Crippen molar-refractivity contribution in [1.29, 1.82) is 0 Å². The van der Waals surface area contributed by atoms with E-state index >= 15 is 0 Å². The summed E-state index contributed by atoms with van der Waals surface area (Å²) in [5.74, 6) is -0.0104. The summed E-state index contributed by atoms with van der Waals surface area (Å²) in [6.07, 6.45) is 0. The summed E-state index contributed by atoms with van der Waals surface area (Å²) in [6, 6.07) is 13.2. The van der Waals surface area contributed by atoms with Crippen LogP contribution < -0.4 is 4.72 Å². The quantitative estimate of drug-likeness (QED) is 0.724. The van der Waals surface area contributed by atoms with Crippen LogP contribution in [0.1, 0.15) is 16.1 Å². The van der Waals surface area contributed by atoms with E-state index in [-0.39, 0.29) is 12.3 Å². The normalized spacial score (nSPS) is 11.7. The van der Waals surface area contributed by atoms with E-state index in [9.17, 15) is 8.42 Å². The standard InChI is InChI=1S/C16H16N2O2S3/c1-12-15(22-16(18-12)14-8-5-9-21-14)10-17-23(19,20)11-13-6-3-2-4-7-13/h2-9,17H,10-11H2,1H3. The number of rotatable bonds is 6. The molecule has 23 heavy (non-hydrogen) atoms. The third kappa shape index (κ3) is 4.26. The minimum atomic E-state index is -3.36. The highest BCUT2D eigenvalue weighted by molar-refractivity contribution is 7.88. The first-order valence-electron chi connectivity index (χ1n) is 7.05. The van der Waals surface area contributed by atoms with Gasteiger partial charge >= 0.3 is 0 Å². The molecule has 4 nitrogen and oxygen atoms in total. The number of aryl methyl sites for hydroxylation is 1. The maximum atomic E-state index is 12.2. The average Bonchev–Trinajstić information content (AvgIpc) is 3.15. The molecule has 120 valence electrons. The zero-order valence-electron chi connectivity index (χ0n) is 12.5. The number of thiophene rings is 1. The molecule has 0 bridgehead atoms. The molecular formula is C16H16N2O2S3. The molecule has 0 radical (unpaired) electrons. The number of benzene rings is 1. The molecule has 2 heterocycles. The van der Waals surface area contributed by atoms with Crippen molar-refractivity contribution >= 4 is 32.7 Å². The van der Waals surface area contributed by atoms with Crippen LogP contribution in [0.25, 0.3) is 9.88 Å². The number of aromatic nitrogens is 1. The van der Waals surface area contributed by atoms with E-state index in [2.05, 4.69) is 9.71 Å². The third-order valence-electron chi connectivity index (χ3n) is 3.28. The van der Waals surface area contributed by atoms with Gasteiger partial charge in [0.05, 0.1) is 16.3 Å². The molecule has 0 saturated carbocycles. The summed E-state index contributed by atoms with van der Waals surface area (Å²) in [4.78, 5) is 6.59. The summed E-state index contributed by atoms with van der Waals surface area (Å²) in [7, 11) is -3.36. The predicted molar refractivity (Wildman–Crippen MR) is 96.1 cm³/mol. The molecule has 1 N–H and O–H groups in total. The number of hydrogen-bond acceptors (Lipinski definition) is 5. The molecule has 2 aromatic heterocycles. The molecule has 0 aliphatic carbocycles. The van der Waals surface area contributed by atoms with E-state index in [1.165, 1.54) is 11.3 Å². The lowest BCUT2D eigenvalue weighted by molar-refractivity contribution is 0.581. The largest absolute Gasteiger partial charge is 0.240 e. The summed E-state index contributed by atoms with van der Waals surface area (Å²) in [6.45, 7) is 2.19. The second-order valence-corrected chi connectivity index (χ2v) is 8.91. The maximum Gasteiger partial charge on any atom is 0.216 e. The highest BCUT2D eigenvalue weighted by Crippen LogP contribution is 2.31. The van der Waals surface area contributed by atoms with Gasteiger partial charge in [-0.2, -0.15) is 0 Å². The van der Waals surface area contributed by atoms with Crippen molar-refractivity contribution in [2.75, 3.05) is 0 Å². The Labute approximate surface area is 143 Å². The van der Waals surface area contributed by atoms with Gasteiger partial charge in [0.25, 0.3) is 0 Å². The Balaban J connectivity index is 1.68. The highest BCUT2D eigenvalue weighted by Gasteiger charge is 2.15. The Kier molecular flexibility index (Phi) is 4.91. The molecule has 3 rings (SSSR count). The Morgan fingerprint density at radius 1 is 1.13 bits per heavy atom. The van der Waals surface area contributed by atoms with E-state index < -0.39 is 10.0 Å². The average molecular weight is 365 g/mol. The van der Waals surface area contributed by atoms with Crippen molar-refractivity contribution in [3.63, 3.8) is 0 Å². The van der Waals surface area contributed by atoms with Crippen LogP contribution in [0.5, 0.6) is 0 Å². The summed E-state index contributed by atoms with van der Waals surface area (Å²) in [5, 5.41) is 2.95. The van der Waals surface area contributed by atoms with Crippen LogP contribution in [-0.2, 0) is 22.3 Å². The zero-order valence-corrected chi connectivity index (χ0v) is 15.0. The van der Waals surface area contributed by atoms with Gasteiger partial charge in [0.2, 0.25) is 10.0 Å². The molecule has 7 heteroatoms. The van der Waals surface area contributed by atoms with Crippen LogP contribution in [0.4, 0.5) is 0 Å². The van der Waals surface area contributed by atoms with Crippen molar-refractivity contribution in [2.24, 2.45) is 0 Å². The van der Waals surface area contributed by atoms with Crippen molar-refractivity contribution in [3.8, 4) is 9.88 Å². The van der Waals surface area contributed by atoms with Gasteiger partial charge in [0, 0.05) is 11.4 Å². The van der Waals surface area contributed by atoms with Crippen molar-refractivity contribution in [3.05, 3.63) is 64.0 Å². The van der Waals surface area contributed by atoms with Crippen LogP contribution >= 0.6 is 22.7 Å². The van der Waals surface area contributed by atoms with Crippen molar-refractivity contribution < 1.29 is 8.42 Å². The predicted octanol–water partition coefficient (Wildman–Crippen LogP) is 3.80. The molecule has 0 aliphatic heterocycles. The van der Waals surface area contributed by atoms with E-state index in [1.807, 2.05) is 54.8 Å². The number of thiazole rings is 1. The molecular weight excluding hydrogens is 348 g/mol. The highest BCUT2D eigenvalue weighted by atomic mass is 32.2. The lowest BCUT2D eigenvalue weighted by Gasteiger charge is -2.06. The van der Waals surface area contributed by atoms with Gasteiger partial charge in [-0.05, 0) is 23.9 Å². The number of nitrogens with zero attached hydrogens (tertiary/aromatic N) is 1. The van der Waals surface area contributed by atoms with Gasteiger partial charge in [-0.1, -0.05) is 36.4 Å². The maximum absolute atomic E-state index is 12.2. The van der Waals surface area contributed by atoms with Gasteiger partial charge in [-0.3, -0.25) is 0 Å². The van der Waals surface area contributed by atoms with E-state index in [4.69, 9.17) is 0 Å². The molecule has 0 amide bonds. The van der Waals surface area contributed by atoms with Gasteiger partial charge in [-0.15, -0.1) is 22.7 Å². The topological polar surface area (TPSA) is 59.1 Å². The van der Waals surface area contributed by atoms with Crippen LogP contribution in [0.3, 0.4) is 0 Å². The first-order chi connectivity index (χ1) is 11.0. The molecule has 0 spiro atoms. The molecule has 3 aromatic rings. The summed E-state index contributed by atoms with van der Waals surface area (Å²) < 4.78 is 27.1. The van der Waals surface area contributed by atoms with Crippen molar-refractivity contribution in [2.45, 2.75) is 19.2 Å². The van der Waals surface area contributed by atoms with Gasteiger partial charge < -0.3 is 0 Å². The van der Waals surface area contributed by atoms with Crippen molar-refractivity contribution in [1.82, 2.24) is 9.71 Å². The SMILES string of the molecule is Cc1nc(-c2cccs2)sc1CNS(=O)(=O)Cc1ccccc1. The third-order valence-corrected chi connectivity index (χ3v) is 6.77. The van der Waals surface area contributed by atoms with E-state index in [1.54, 1.807) is 11.3 Å². The number of nitrogens with one attached hydrogen (secondary N) is 1. The Bertz CT molecular complexity index is 869. The van der Waals surface area contributed by atoms with E-state index in [0.29, 0.717) is 0 Å². The Hall–Kier alpha value is -1.54. The molecule has 0 saturated heterocycles. The minimum absolute atomic E-state index is 0.0104. The van der Waals surface area contributed by atoms with Crippen LogP contribution in [-0.4, -0.2) is 13.4 Å². The Morgan fingerprint density at radius 2 is 1.91 bits per heavy atom. The number of hydrogen-bond donors (Lipinski definition) is 1. The first-order valence-corrected chi connectivity index (χ1v) is 10.4. The summed E-state index contributed by atoms with van der Waals surface area (Å²) in [5.41, 5.74) is 1.65. The van der Waals surface area contributed by atoms with Crippen LogP contribution in [0, 0.1) is 6.92 Å². The molecule has 0 atom stereocenters. The molecule has 0 fully saturated rings. The van der Waals surface area contributed by atoms with E-state index in [0.717, 1.165) is 26.0 Å². The Morgan fingerprint density at radius 3 is 2.61 bits per heavy atom. The van der Waals surface area contributed by atoms with Crippen LogP contribution in [0.2, 0.25) is 0 Å². The van der Waals surface area contributed by atoms with Gasteiger partial charge in [0.1, 0.15) is 5.01 Å². The monoisotopic (exact) mass is 364 g/mol. The fourth-order valence-corrected chi connectivity index (χ4v) is 5.11. The second kappa shape index (κ2) is 6.92. The smallest absolute Gasteiger partial charge is 0.216 e. The zero-order chi connectivity index (χ0) is 16.3. The number of sulfonamides is 1.